The molecule has 0 unspecified atom stereocenters. The second kappa shape index (κ2) is 4.11. The van der Waals surface area contributed by atoms with Crippen molar-refractivity contribution in [2.45, 2.75) is 31.3 Å². The van der Waals surface area contributed by atoms with Gasteiger partial charge < -0.3 is 11.1 Å². The van der Waals surface area contributed by atoms with Crippen LogP contribution >= 0.6 is 0 Å². The first-order valence-corrected chi connectivity index (χ1v) is 5.21. The Kier molecular flexibility index (Phi) is 2.84. The van der Waals surface area contributed by atoms with Gasteiger partial charge in [-0.3, -0.25) is 4.68 Å². The maximum Gasteiger partial charge on any atom is 0.0492 e. The summed E-state index contributed by atoms with van der Waals surface area (Å²) < 4.78 is 1.92. The summed E-state index contributed by atoms with van der Waals surface area (Å²) in [5, 5.41) is 7.62. The van der Waals surface area contributed by atoms with Crippen molar-refractivity contribution in [3.8, 4) is 0 Å². The summed E-state index contributed by atoms with van der Waals surface area (Å²) in [6, 6.07) is 3.15. The molecule has 0 aliphatic heterocycles. The van der Waals surface area contributed by atoms with Crippen molar-refractivity contribution >= 4 is 0 Å². The molecule has 0 bridgehead atoms. The van der Waals surface area contributed by atoms with Gasteiger partial charge in [-0.1, -0.05) is 0 Å². The lowest BCUT2D eigenvalue weighted by Crippen LogP contribution is -2.48. The van der Waals surface area contributed by atoms with Gasteiger partial charge in [0.25, 0.3) is 0 Å². The highest BCUT2D eigenvalue weighted by atomic mass is 15.3. The molecule has 1 aliphatic carbocycles. The molecular weight excluding hydrogens is 176 g/mol. The molecule has 0 aromatic carbocycles. The molecule has 2 rings (SSSR count). The maximum atomic E-state index is 5.71. The molecule has 1 aromatic rings. The molecule has 0 amide bonds. The van der Waals surface area contributed by atoms with Gasteiger partial charge in [0, 0.05) is 44.0 Å². The van der Waals surface area contributed by atoms with Gasteiger partial charge in [-0.05, 0) is 18.9 Å². The third-order valence-corrected chi connectivity index (χ3v) is 2.91. The van der Waals surface area contributed by atoms with E-state index in [-0.39, 0.29) is 0 Å². The molecule has 4 heteroatoms. The van der Waals surface area contributed by atoms with Crippen molar-refractivity contribution in [1.29, 1.82) is 0 Å². The van der Waals surface area contributed by atoms with Crippen LogP contribution in [0, 0.1) is 0 Å². The van der Waals surface area contributed by atoms with Crippen LogP contribution in [0.25, 0.3) is 0 Å². The highest BCUT2D eigenvalue weighted by molar-refractivity contribution is 5.00. The molecule has 0 atom stereocenters. The van der Waals surface area contributed by atoms with Gasteiger partial charge in [-0.25, -0.2) is 0 Å². The Balaban J connectivity index is 1.66. The molecule has 3 N–H and O–H groups in total. The number of nitrogens with zero attached hydrogens (tertiary/aromatic N) is 2. The molecule has 0 radical (unpaired) electrons. The largest absolute Gasteiger partial charge is 0.328 e. The Bertz CT molecular complexity index is 288. The highest BCUT2D eigenvalue weighted by Gasteiger charge is 2.24. The molecule has 1 saturated carbocycles. The lowest BCUT2D eigenvalue weighted by Gasteiger charge is -2.33. The van der Waals surface area contributed by atoms with Gasteiger partial charge in [-0.15, -0.1) is 0 Å². The molecule has 78 valence electrons. The zero-order valence-corrected chi connectivity index (χ0v) is 8.61. The molecule has 1 fully saturated rings. The van der Waals surface area contributed by atoms with Crippen LogP contribution in [0.2, 0.25) is 0 Å². The molecule has 0 spiro atoms. The Labute approximate surface area is 84.5 Å². The lowest BCUT2D eigenvalue weighted by molar-refractivity contribution is 0.293. The molecule has 14 heavy (non-hydrogen) atoms. The van der Waals surface area contributed by atoms with Gasteiger partial charge in [-0.2, -0.15) is 5.10 Å². The molecule has 1 aliphatic rings. The van der Waals surface area contributed by atoms with Crippen molar-refractivity contribution in [3.63, 3.8) is 0 Å². The van der Waals surface area contributed by atoms with Crippen molar-refractivity contribution in [1.82, 2.24) is 15.1 Å². The van der Waals surface area contributed by atoms with Gasteiger partial charge in [0.15, 0.2) is 0 Å². The van der Waals surface area contributed by atoms with Crippen LogP contribution in [0.5, 0.6) is 0 Å². The molecule has 1 aromatic heterocycles. The third kappa shape index (κ3) is 2.13. The first-order chi connectivity index (χ1) is 6.75. The Morgan fingerprint density at radius 3 is 3.00 bits per heavy atom. The Morgan fingerprint density at radius 2 is 2.43 bits per heavy atom. The van der Waals surface area contributed by atoms with E-state index in [0.717, 1.165) is 25.8 Å². The van der Waals surface area contributed by atoms with E-state index in [9.17, 15) is 0 Å². The zero-order chi connectivity index (χ0) is 9.97. The quantitative estimate of drug-likeness (QED) is 0.711. The van der Waals surface area contributed by atoms with Crippen LogP contribution in [0.15, 0.2) is 12.3 Å². The summed E-state index contributed by atoms with van der Waals surface area (Å²) in [5.74, 6) is 0. The van der Waals surface area contributed by atoms with E-state index >= 15 is 0 Å². The molecular formula is C10H18N4. The maximum absolute atomic E-state index is 5.71. The average Bonchev–Trinajstić information content (AvgIpc) is 2.49. The van der Waals surface area contributed by atoms with Crippen molar-refractivity contribution < 1.29 is 0 Å². The summed E-state index contributed by atoms with van der Waals surface area (Å²) in [5.41, 5.74) is 6.98. The van der Waals surface area contributed by atoms with Crippen molar-refractivity contribution in [2.75, 3.05) is 6.54 Å². The minimum Gasteiger partial charge on any atom is -0.328 e. The van der Waals surface area contributed by atoms with Gasteiger partial charge in [0.05, 0.1) is 0 Å². The molecule has 1 heterocycles. The van der Waals surface area contributed by atoms with Crippen LogP contribution in [0.4, 0.5) is 0 Å². The van der Waals surface area contributed by atoms with Crippen LogP contribution in [0.3, 0.4) is 0 Å². The SMILES string of the molecule is Cn1nccc1CCNC1CC(N)C1. The topological polar surface area (TPSA) is 55.9 Å². The Morgan fingerprint density at radius 1 is 1.64 bits per heavy atom. The van der Waals surface area contributed by atoms with E-state index in [2.05, 4.69) is 16.5 Å². The predicted molar refractivity (Wildman–Crippen MR) is 55.9 cm³/mol. The summed E-state index contributed by atoms with van der Waals surface area (Å²) in [7, 11) is 1.98. The fourth-order valence-corrected chi connectivity index (χ4v) is 1.88. The summed E-state index contributed by atoms with van der Waals surface area (Å²) in [6.07, 6.45) is 5.15. The summed E-state index contributed by atoms with van der Waals surface area (Å²) in [4.78, 5) is 0. The summed E-state index contributed by atoms with van der Waals surface area (Å²) in [6.45, 7) is 1.02. The second-order valence-corrected chi connectivity index (χ2v) is 4.08. The third-order valence-electron chi connectivity index (χ3n) is 2.91. The number of hydrogen-bond donors (Lipinski definition) is 2. The predicted octanol–water partition coefficient (Wildman–Crippen LogP) is 0.0419. The van der Waals surface area contributed by atoms with E-state index in [1.165, 1.54) is 5.69 Å². The lowest BCUT2D eigenvalue weighted by atomic mass is 9.87. The second-order valence-electron chi connectivity index (χ2n) is 4.08. The molecule has 4 nitrogen and oxygen atoms in total. The zero-order valence-electron chi connectivity index (χ0n) is 8.61. The van der Waals surface area contributed by atoms with E-state index in [1.807, 2.05) is 17.9 Å². The van der Waals surface area contributed by atoms with E-state index in [4.69, 9.17) is 5.73 Å². The summed E-state index contributed by atoms with van der Waals surface area (Å²) >= 11 is 0. The van der Waals surface area contributed by atoms with Crippen LogP contribution in [-0.4, -0.2) is 28.4 Å². The fraction of sp³-hybridized carbons (Fsp3) is 0.700. The van der Waals surface area contributed by atoms with Crippen molar-refractivity contribution in [3.05, 3.63) is 18.0 Å². The fourth-order valence-electron chi connectivity index (χ4n) is 1.88. The minimum atomic E-state index is 0.434. The minimum absolute atomic E-state index is 0.434. The van der Waals surface area contributed by atoms with Crippen LogP contribution < -0.4 is 11.1 Å². The standard InChI is InChI=1S/C10H18N4/c1-14-10(3-5-13-14)2-4-12-9-6-8(11)7-9/h3,5,8-9,12H,2,4,6-7,11H2,1H3. The van der Waals surface area contributed by atoms with Crippen LogP contribution in [0.1, 0.15) is 18.5 Å². The van der Waals surface area contributed by atoms with Crippen molar-refractivity contribution in [2.24, 2.45) is 12.8 Å². The number of nitrogens with two attached hydrogens (primary N) is 1. The van der Waals surface area contributed by atoms with Crippen LogP contribution in [-0.2, 0) is 13.5 Å². The number of nitrogens with one attached hydrogen (secondary N) is 1. The highest BCUT2D eigenvalue weighted by Crippen LogP contribution is 2.16. The number of rotatable bonds is 4. The molecule has 0 saturated heterocycles. The van der Waals surface area contributed by atoms with E-state index in [1.54, 1.807) is 0 Å². The number of aromatic nitrogens is 2. The van der Waals surface area contributed by atoms with Gasteiger partial charge >= 0.3 is 0 Å². The normalized spacial score (nSPS) is 26.1. The number of hydrogen-bond acceptors (Lipinski definition) is 3. The van der Waals surface area contributed by atoms with Gasteiger partial charge in [0.2, 0.25) is 0 Å². The average molecular weight is 194 g/mol. The first kappa shape index (κ1) is 9.68. The van der Waals surface area contributed by atoms with Gasteiger partial charge in [0.1, 0.15) is 0 Å². The monoisotopic (exact) mass is 194 g/mol. The van der Waals surface area contributed by atoms with E-state index < -0.39 is 0 Å². The van der Waals surface area contributed by atoms with E-state index in [0.29, 0.717) is 12.1 Å². The first-order valence-electron chi connectivity index (χ1n) is 5.21. The Hall–Kier alpha value is -0.870. The number of aryl methyl sites for hydroxylation is 1. The smallest absolute Gasteiger partial charge is 0.0492 e.